The molecule has 0 radical (unpaired) electrons. The van der Waals surface area contributed by atoms with Crippen molar-refractivity contribution in [3.8, 4) is 0 Å². The first-order valence-electron chi connectivity index (χ1n) is 6.21. The summed E-state index contributed by atoms with van der Waals surface area (Å²) >= 11 is 1.67. The number of nitrogens with two attached hydrogens (primary N) is 1. The van der Waals surface area contributed by atoms with Crippen LogP contribution in [0.4, 0.5) is 17.6 Å². The lowest BCUT2D eigenvalue weighted by Crippen LogP contribution is -2.08. The van der Waals surface area contributed by atoms with E-state index in [0.717, 1.165) is 34.5 Å². The average Bonchev–Trinajstić information content (AvgIpc) is 2.79. The summed E-state index contributed by atoms with van der Waals surface area (Å²) in [6.45, 7) is 5.64. The summed E-state index contributed by atoms with van der Waals surface area (Å²) < 4.78 is 0. The first-order valence-corrected chi connectivity index (χ1v) is 7.02. The van der Waals surface area contributed by atoms with Crippen LogP contribution in [0.15, 0.2) is 12.3 Å². The molecule has 0 aromatic carbocycles. The van der Waals surface area contributed by atoms with Gasteiger partial charge in [-0.15, -0.1) is 11.3 Å². The van der Waals surface area contributed by atoms with Gasteiger partial charge in [0, 0.05) is 23.7 Å². The zero-order valence-electron chi connectivity index (χ0n) is 11.1. The zero-order valence-corrected chi connectivity index (χ0v) is 11.9. The summed E-state index contributed by atoms with van der Waals surface area (Å²) in [5, 5.41) is 7.49. The Hall–Kier alpha value is -1.89. The van der Waals surface area contributed by atoms with Crippen LogP contribution in [0.1, 0.15) is 23.2 Å². The summed E-state index contributed by atoms with van der Waals surface area (Å²) in [5.41, 5.74) is 5.69. The molecule has 7 heteroatoms. The van der Waals surface area contributed by atoms with Crippen LogP contribution in [-0.4, -0.2) is 21.5 Å². The molecule has 0 saturated carbocycles. The van der Waals surface area contributed by atoms with E-state index in [1.54, 1.807) is 11.3 Å². The predicted octanol–water partition coefficient (Wildman–Crippen LogP) is 2.26. The Morgan fingerprint density at radius 1 is 1.26 bits per heavy atom. The maximum atomic E-state index is 5.69. The molecule has 19 heavy (non-hydrogen) atoms. The van der Waals surface area contributed by atoms with Crippen LogP contribution in [-0.2, 0) is 6.54 Å². The lowest BCUT2D eigenvalue weighted by molar-refractivity contribution is 0.965. The van der Waals surface area contributed by atoms with E-state index in [4.69, 9.17) is 5.73 Å². The molecule has 2 aromatic heterocycles. The zero-order chi connectivity index (χ0) is 13.7. The second-order valence-corrected chi connectivity index (χ2v) is 5.44. The molecule has 0 aliphatic carbocycles. The molecule has 0 amide bonds. The molecule has 4 N–H and O–H groups in total. The monoisotopic (exact) mass is 278 g/mol. The SMILES string of the molecule is CCCNc1cc(NCc2cnc(C)s2)nc(N)n1. The van der Waals surface area contributed by atoms with E-state index in [1.165, 1.54) is 0 Å². The summed E-state index contributed by atoms with van der Waals surface area (Å²) in [4.78, 5) is 13.7. The van der Waals surface area contributed by atoms with Gasteiger partial charge in [0.05, 0.1) is 11.6 Å². The van der Waals surface area contributed by atoms with Crippen LogP contribution in [0.2, 0.25) is 0 Å². The lowest BCUT2D eigenvalue weighted by Gasteiger charge is -2.08. The highest BCUT2D eigenvalue weighted by atomic mass is 32.1. The first-order chi connectivity index (χ1) is 9.17. The minimum absolute atomic E-state index is 0.268. The number of aryl methyl sites for hydroxylation is 1. The van der Waals surface area contributed by atoms with Gasteiger partial charge in [-0.25, -0.2) is 4.98 Å². The van der Waals surface area contributed by atoms with Crippen LogP contribution in [0.3, 0.4) is 0 Å². The Bertz CT molecular complexity index is 539. The highest BCUT2D eigenvalue weighted by Crippen LogP contribution is 2.16. The van der Waals surface area contributed by atoms with Gasteiger partial charge in [-0.1, -0.05) is 6.92 Å². The molecule has 0 atom stereocenters. The van der Waals surface area contributed by atoms with E-state index in [-0.39, 0.29) is 5.95 Å². The Morgan fingerprint density at radius 2 is 2.00 bits per heavy atom. The molecule has 0 bridgehead atoms. The highest BCUT2D eigenvalue weighted by molar-refractivity contribution is 7.11. The third-order valence-electron chi connectivity index (χ3n) is 2.41. The fourth-order valence-corrected chi connectivity index (χ4v) is 2.30. The average molecular weight is 278 g/mol. The summed E-state index contributed by atoms with van der Waals surface area (Å²) in [7, 11) is 0. The summed E-state index contributed by atoms with van der Waals surface area (Å²) in [6, 6.07) is 1.86. The second kappa shape index (κ2) is 6.33. The summed E-state index contributed by atoms with van der Waals surface area (Å²) in [6.07, 6.45) is 2.90. The maximum Gasteiger partial charge on any atom is 0.223 e. The van der Waals surface area contributed by atoms with Crippen molar-refractivity contribution in [3.05, 3.63) is 22.1 Å². The van der Waals surface area contributed by atoms with Crippen LogP contribution in [0.5, 0.6) is 0 Å². The van der Waals surface area contributed by atoms with Crippen molar-refractivity contribution < 1.29 is 0 Å². The second-order valence-electron chi connectivity index (χ2n) is 4.12. The number of nitrogen functional groups attached to an aromatic ring is 1. The topological polar surface area (TPSA) is 88.8 Å². The number of rotatable bonds is 6. The van der Waals surface area contributed by atoms with E-state index in [9.17, 15) is 0 Å². The van der Waals surface area contributed by atoms with Gasteiger partial charge in [-0.05, 0) is 13.3 Å². The van der Waals surface area contributed by atoms with E-state index in [1.807, 2.05) is 19.2 Å². The lowest BCUT2D eigenvalue weighted by atomic mass is 10.4. The van der Waals surface area contributed by atoms with Crippen molar-refractivity contribution in [1.82, 2.24) is 15.0 Å². The smallest absolute Gasteiger partial charge is 0.223 e. The molecular weight excluding hydrogens is 260 g/mol. The third kappa shape index (κ3) is 4.06. The molecule has 2 aromatic rings. The molecular formula is C12H18N6S. The molecule has 2 rings (SSSR count). The van der Waals surface area contributed by atoms with Crippen LogP contribution < -0.4 is 16.4 Å². The number of nitrogens with zero attached hydrogens (tertiary/aromatic N) is 3. The molecule has 0 aliphatic heterocycles. The molecule has 0 unspecified atom stereocenters. The minimum atomic E-state index is 0.268. The van der Waals surface area contributed by atoms with Gasteiger partial charge in [0.25, 0.3) is 0 Å². The quantitative estimate of drug-likeness (QED) is 0.751. The Morgan fingerprint density at radius 3 is 2.63 bits per heavy atom. The summed E-state index contributed by atoms with van der Waals surface area (Å²) in [5.74, 6) is 1.73. The standard InChI is InChI=1S/C12H18N6S/c1-3-4-14-10-5-11(18-12(13)17-10)16-7-9-6-15-8(2)19-9/h5-6H,3-4,7H2,1-2H3,(H4,13,14,16,17,18). The molecule has 0 spiro atoms. The molecule has 6 nitrogen and oxygen atoms in total. The molecule has 2 heterocycles. The number of hydrogen-bond donors (Lipinski definition) is 3. The van der Waals surface area contributed by atoms with Gasteiger partial charge in [0.2, 0.25) is 5.95 Å². The van der Waals surface area contributed by atoms with Crippen LogP contribution >= 0.6 is 11.3 Å². The maximum absolute atomic E-state index is 5.69. The highest BCUT2D eigenvalue weighted by Gasteiger charge is 2.03. The van der Waals surface area contributed by atoms with Gasteiger partial charge in [0.1, 0.15) is 11.6 Å². The first kappa shape index (κ1) is 13.5. The Balaban J connectivity index is 2.01. The van der Waals surface area contributed by atoms with Gasteiger partial charge in [0.15, 0.2) is 0 Å². The fourth-order valence-electron chi connectivity index (χ4n) is 1.56. The van der Waals surface area contributed by atoms with Crippen molar-refractivity contribution in [2.45, 2.75) is 26.8 Å². The third-order valence-corrected chi connectivity index (χ3v) is 3.33. The molecule has 0 saturated heterocycles. The van der Waals surface area contributed by atoms with Gasteiger partial charge < -0.3 is 16.4 Å². The normalized spacial score (nSPS) is 10.4. The number of nitrogens with one attached hydrogen (secondary N) is 2. The Labute approximate surface area is 116 Å². The van der Waals surface area contributed by atoms with Gasteiger partial charge in [-0.3, -0.25) is 0 Å². The van der Waals surface area contributed by atoms with Crippen molar-refractivity contribution in [3.63, 3.8) is 0 Å². The van der Waals surface area contributed by atoms with Crippen LogP contribution in [0, 0.1) is 6.92 Å². The van der Waals surface area contributed by atoms with Crippen LogP contribution in [0.25, 0.3) is 0 Å². The van der Waals surface area contributed by atoms with E-state index in [2.05, 4.69) is 32.5 Å². The van der Waals surface area contributed by atoms with E-state index in [0.29, 0.717) is 6.54 Å². The van der Waals surface area contributed by atoms with Crippen molar-refractivity contribution in [2.24, 2.45) is 0 Å². The van der Waals surface area contributed by atoms with Crippen molar-refractivity contribution >= 4 is 28.9 Å². The Kier molecular flexibility index (Phi) is 4.51. The number of thiazole rings is 1. The van der Waals surface area contributed by atoms with Gasteiger partial charge in [-0.2, -0.15) is 9.97 Å². The fraction of sp³-hybridized carbons (Fsp3) is 0.417. The van der Waals surface area contributed by atoms with Gasteiger partial charge >= 0.3 is 0 Å². The largest absolute Gasteiger partial charge is 0.370 e. The molecule has 0 fully saturated rings. The van der Waals surface area contributed by atoms with Crippen molar-refractivity contribution in [1.29, 1.82) is 0 Å². The van der Waals surface area contributed by atoms with E-state index >= 15 is 0 Å². The number of hydrogen-bond acceptors (Lipinski definition) is 7. The number of aromatic nitrogens is 3. The molecule has 102 valence electrons. The van der Waals surface area contributed by atoms with Crippen molar-refractivity contribution in [2.75, 3.05) is 22.9 Å². The van der Waals surface area contributed by atoms with E-state index < -0.39 is 0 Å². The molecule has 0 aliphatic rings. The number of anilines is 3. The predicted molar refractivity (Wildman–Crippen MR) is 79.4 cm³/mol. The minimum Gasteiger partial charge on any atom is -0.370 e.